The number of benzene rings is 2. The van der Waals surface area contributed by atoms with E-state index >= 15 is 0 Å². The molecule has 2 aromatic carbocycles. The third-order valence-electron chi connectivity index (χ3n) is 3.25. The lowest BCUT2D eigenvalue weighted by atomic mass is 10.1. The molecule has 0 aliphatic heterocycles. The largest absolute Gasteiger partial charge is 0.345 e. The Labute approximate surface area is 113 Å². The number of aromatic amines is 1. The zero-order valence-electron chi connectivity index (χ0n) is 9.44. The smallest absolute Gasteiger partial charge is 0.121 e. The SMILES string of the molecule is S=c1[nH]c2ccccc2c2c1sc1ccccc12. The second kappa shape index (κ2) is 3.64. The first kappa shape index (κ1) is 10.2. The summed E-state index contributed by atoms with van der Waals surface area (Å²) in [5.74, 6) is 0. The lowest BCUT2D eigenvalue weighted by Gasteiger charge is -2.00. The van der Waals surface area contributed by atoms with Crippen LogP contribution in [0.3, 0.4) is 0 Å². The lowest BCUT2D eigenvalue weighted by Crippen LogP contribution is -1.80. The summed E-state index contributed by atoms with van der Waals surface area (Å²) in [4.78, 5) is 3.32. The minimum absolute atomic E-state index is 0.838. The minimum atomic E-state index is 0.838. The van der Waals surface area contributed by atoms with Gasteiger partial charge in [0.1, 0.15) is 4.64 Å². The number of pyridine rings is 1. The number of H-pyrrole nitrogens is 1. The van der Waals surface area contributed by atoms with E-state index in [2.05, 4.69) is 47.4 Å². The zero-order chi connectivity index (χ0) is 12.1. The van der Waals surface area contributed by atoms with Crippen molar-refractivity contribution < 1.29 is 0 Å². The fraction of sp³-hybridized carbons (Fsp3) is 0. The number of hydrogen-bond donors (Lipinski definition) is 1. The molecule has 4 rings (SSSR count). The van der Waals surface area contributed by atoms with Gasteiger partial charge in [0, 0.05) is 26.4 Å². The van der Waals surface area contributed by atoms with Crippen LogP contribution < -0.4 is 0 Å². The van der Waals surface area contributed by atoms with E-state index < -0.39 is 0 Å². The Bertz CT molecular complexity index is 947. The van der Waals surface area contributed by atoms with Crippen LogP contribution >= 0.6 is 23.6 Å². The van der Waals surface area contributed by atoms with E-state index in [-0.39, 0.29) is 0 Å². The van der Waals surface area contributed by atoms with Crippen LogP contribution in [0.25, 0.3) is 31.1 Å². The molecule has 18 heavy (non-hydrogen) atoms. The summed E-state index contributed by atoms with van der Waals surface area (Å²) in [5.41, 5.74) is 1.11. The summed E-state index contributed by atoms with van der Waals surface area (Å²) in [5, 5.41) is 3.84. The molecule has 0 atom stereocenters. The van der Waals surface area contributed by atoms with Gasteiger partial charge < -0.3 is 4.98 Å². The van der Waals surface area contributed by atoms with Crippen LogP contribution in [0.4, 0.5) is 0 Å². The monoisotopic (exact) mass is 267 g/mol. The second-order valence-electron chi connectivity index (χ2n) is 4.30. The summed E-state index contributed by atoms with van der Waals surface area (Å²) >= 11 is 7.24. The van der Waals surface area contributed by atoms with Gasteiger partial charge in [0.05, 0.1) is 4.70 Å². The van der Waals surface area contributed by atoms with Crippen molar-refractivity contribution in [2.45, 2.75) is 0 Å². The minimum Gasteiger partial charge on any atom is -0.345 e. The molecule has 1 N–H and O–H groups in total. The molecule has 86 valence electrons. The van der Waals surface area contributed by atoms with Gasteiger partial charge in [-0.05, 0) is 12.1 Å². The quantitative estimate of drug-likeness (QED) is 0.429. The Kier molecular flexibility index (Phi) is 2.07. The maximum atomic E-state index is 5.48. The summed E-state index contributed by atoms with van der Waals surface area (Å²) in [6, 6.07) is 16.8. The van der Waals surface area contributed by atoms with Crippen LogP contribution in [-0.2, 0) is 0 Å². The van der Waals surface area contributed by atoms with Gasteiger partial charge in [0.15, 0.2) is 0 Å². The fourth-order valence-electron chi connectivity index (χ4n) is 2.46. The van der Waals surface area contributed by atoms with E-state index in [1.54, 1.807) is 11.3 Å². The van der Waals surface area contributed by atoms with E-state index in [1.165, 1.54) is 25.6 Å². The van der Waals surface area contributed by atoms with E-state index in [9.17, 15) is 0 Å². The standard InChI is InChI=1S/C15H9NS2/c17-15-14-13(9-5-1-3-7-11(9)16-15)10-6-2-4-8-12(10)18-14/h1-8H,(H,16,17). The van der Waals surface area contributed by atoms with Gasteiger partial charge in [-0.2, -0.15) is 0 Å². The Balaban J connectivity index is 2.45. The molecule has 3 heteroatoms. The summed E-state index contributed by atoms with van der Waals surface area (Å²) in [6.07, 6.45) is 0. The van der Waals surface area contributed by atoms with E-state index in [1.807, 2.05) is 6.07 Å². The zero-order valence-corrected chi connectivity index (χ0v) is 11.1. The normalized spacial score (nSPS) is 11.6. The van der Waals surface area contributed by atoms with Crippen LogP contribution in [0.15, 0.2) is 48.5 Å². The first-order valence-electron chi connectivity index (χ1n) is 5.77. The molecule has 2 heterocycles. The Hall–Kier alpha value is -1.71. The molecule has 0 radical (unpaired) electrons. The van der Waals surface area contributed by atoms with Crippen molar-refractivity contribution in [1.29, 1.82) is 0 Å². The van der Waals surface area contributed by atoms with Crippen molar-refractivity contribution in [2.75, 3.05) is 0 Å². The van der Waals surface area contributed by atoms with Crippen LogP contribution in [-0.4, -0.2) is 4.98 Å². The van der Waals surface area contributed by atoms with Gasteiger partial charge in [0.25, 0.3) is 0 Å². The van der Waals surface area contributed by atoms with Gasteiger partial charge in [-0.25, -0.2) is 0 Å². The van der Waals surface area contributed by atoms with Crippen molar-refractivity contribution >= 4 is 54.6 Å². The molecule has 0 amide bonds. The maximum Gasteiger partial charge on any atom is 0.121 e. The fourth-order valence-corrected chi connectivity index (χ4v) is 3.91. The molecule has 0 aliphatic carbocycles. The molecule has 0 fully saturated rings. The van der Waals surface area contributed by atoms with Gasteiger partial charge in [-0.15, -0.1) is 11.3 Å². The molecular formula is C15H9NS2. The molecule has 0 unspecified atom stereocenters. The molecule has 0 saturated heterocycles. The Morgan fingerprint density at radius 2 is 1.61 bits per heavy atom. The van der Waals surface area contributed by atoms with Crippen molar-refractivity contribution in [3.8, 4) is 0 Å². The molecule has 0 aliphatic rings. The van der Waals surface area contributed by atoms with Gasteiger partial charge in [0.2, 0.25) is 0 Å². The Morgan fingerprint density at radius 1 is 0.889 bits per heavy atom. The molecule has 1 nitrogen and oxygen atoms in total. The summed E-state index contributed by atoms with van der Waals surface area (Å²) < 4.78 is 3.32. The van der Waals surface area contributed by atoms with Crippen LogP contribution in [0.2, 0.25) is 0 Å². The van der Waals surface area contributed by atoms with Crippen molar-refractivity contribution in [3.63, 3.8) is 0 Å². The number of thiophene rings is 1. The van der Waals surface area contributed by atoms with E-state index in [0.29, 0.717) is 0 Å². The van der Waals surface area contributed by atoms with Crippen molar-refractivity contribution in [1.82, 2.24) is 4.98 Å². The average Bonchev–Trinajstić information content (AvgIpc) is 2.79. The lowest BCUT2D eigenvalue weighted by molar-refractivity contribution is 1.42. The van der Waals surface area contributed by atoms with Gasteiger partial charge in [-0.3, -0.25) is 0 Å². The van der Waals surface area contributed by atoms with Crippen LogP contribution in [0.1, 0.15) is 0 Å². The van der Waals surface area contributed by atoms with Crippen molar-refractivity contribution in [2.24, 2.45) is 0 Å². The van der Waals surface area contributed by atoms with Crippen molar-refractivity contribution in [3.05, 3.63) is 53.2 Å². The summed E-state index contributed by atoms with van der Waals surface area (Å²) in [6.45, 7) is 0. The Morgan fingerprint density at radius 3 is 2.50 bits per heavy atom. The molecule has 0 spiro atoms. The van der Waals surface area contributed by atoms with E-state index in [4.69, 9.17) is 12.2 Å². The number of para-hydroxylation sites is 1. The number of fused-ring (bicyclic) bond motifs is 5. The molecule has 2 aromatic heterocycles. The number of rotatable bonds is 0. The highest BCUT2D eigenvalue weighted by molar-refractivity contribution is 7.71. The topological polar surface area (TPSA) is 15.8 Å². The highest BCUT2D eigenvalue weighted by Crippen LogP contribution is 2.37. The first-order valence-corrected chi connectivity index (χ1v) is 6.99. The number of hydrogen-bond acceptors (Lipinski definition) is 2. The predicted octanol–water partition coefficient (Wildman–Crippen LogP) is 5.27. The van der Waals surface area contributed by atoms with Crippen LogP contribution in [0.5, 0.6) is 0 Å². The molecular weight excluding hydrogens is 258 g/mol. The molecule has 0 saturated carbocycles. The third kappa shape index (κ3) is 1.29. The van der Waals surface area contributed by atoms with Crippen LogP contribution in [0, 0.1) is 4.64 Å². The summed E-state index contributed by atoms with van der Waals surface area (Å²) in [7, 11) is 0. The highest BCUT2D eigenvalue weighted by atomic mass is 32.1. The average molecular weight is 267 g/mol. The van der Waals surface area contributed by atoms with Gasteiger partial charge in [-0.1, -0.05) is 48.6 Å². The second-order valence-corrected chi connectivity index (χ2v) is 5.76. The third-order valence-corrected chi connectivity index (χ3v) is 4.87. The number of aromatic nitrogens is 1. The predicted molar refractivity (Wildman–Crippen MR) is 82.0 cm³/mol. The maximum absolute atomic E-state index is 5.48. The first-order chi connectivity index (χ1) is 8.84. The molecule has 0 bridgehead atoms. The number of nitrogens with one attached hydrogen (secondary N) is 1. The van der Waals surface area contributed by atoms with E-state index in [0.717, 1.165) is 10.2 Å². The highest BCUT2D eigenvalue weighted by Gasteiger charge is 2.09. The molecule has 4 aromatic rings. The van der Waals surface area contributed by atoms with Gasteiger partial charge >= 0.3 is 0 Å².